The molecule has 1 aliphatic rings. The van der Waals surface area contributed by atoms with Crippen molar-refractivity contribution in [3.63, 3.8) is 0 Å². The molecule has 1 amide bonds. The number of carbonyl (C=O) groups is 1. The Labute approximate surface area is 114 Å². The van der Waals surface area contributed by atoms with E-state index in [1.54, 1.807) is 0 Å². The molecule has 0 aromatic heterocycles. The van der Waals surface area contributed by atoms with Crippen LogP contribution in [0.2, 0.25) is 0 Å². The molecule has 19 heavy (non-hydrogen) atoms. The van der Waals surface area contributed by atoms with E-state index in [1.165, 1.54) is 24.3 Å². The molecule has 1 atom stereocenters. The zero-order chi connectivity index (χ0) is 14.3. The fourth-order valence-electron chi connectivity index (χ4n) is 1.60. The lowest BCUT2D eigenvalue weighted by Gasteiger charge is -2.32. The summed E-state index contributed by atoms with van der Waals surface area (Å²) in [7, 11) is 0. The monoisotopic (exact) mass is 336 g/mol. The molecule has 102 valence electrons. The summed E-state index contributed by atoms with van der Waals surface area (Å²) < 4.78 is 39.1. The van der Waals surface area contributed by atoms with Gasteiger partial charge in [0.05, 0.1) is 0 Å². The first kappa shape index (κ1) is 14.0. The number of benzene rings is 1. The number of hydrazone groups is 1. The van der Waals surface area contributed by atoms with Gasteiger partial charge in [-0.15, -0.1) is 0 Å². The van der Waals surface area contributed by atoms with E-state index >= 15 is 0 Å². The maximum atomic E-state index is 12.8. The molecule has 4 nitrogen and oxygen atoms in total. The van der Waals surface area contributed by atoms with Crippen LogP contribution in [0.3, 0.4) is 0 Å². The molecular formula is C11H8BrF3N2O2. The van der Waals surface area contributed by atoms with Crippen LogP contribution in [0, 0.1) is 0 Å². The van der Waals surface area contributed by atoms with E-state index in [-0.39, 0.29) is 10.6 Å². The maximum absolute atomic E-state index is 12.8. The first-order valence-electron chi connectivity index (χ1n) is 5.17. The third-order valence-corrected chi connectivity index (χ3v) is 3.19. The second kappa shape index (κ2) is 4.61. The molecular weight excluding hydrogens is 329 g/mol. The van der Waals surface area contributed by atoms with E-state index < -0.39 is 24.2 Å². The molecule has 0 saturated carbocycles. The van der Waals surface area contributed by atoms with Crippen LogP contribution in [-0.2, 0) is 0 Å². The predicted molar refractivity (Wildman–Crippen MR) is 64.4 cm³/mol. The molecule has 1 heterocycles. The van der Waals surface area contributed by atoms with Crippen molar-refractivity contribution in [1.82, 2.24) is 5.01 Å². The predicted octanol–water partition coefficient (Wildman–Crippen LogP) is 2.53. The van der Waals surface area contributed by atoms with E-state index in [0.29, 0.717) is 4.47 Å². The fourth-order valence-corrected chi connectivity index (χ4v) is 1.87. The number of hydrogen-bond acceptors (Lipinski definition) is 3. The average molecular weight is 337 g/mol. The van der Waals surface area contributed by atoms with Crippen LogP contribution in [-0.4, -0.2) is 34.1 Å². The van der Waals surface area contributed by atoms with Gasteiger partial charge in [-0.05, 0) is 24.3 Å². The van der Waals surface area contributed by atoms with E-state index in [2.05, 4.69) is 21.0 Å². The first-order chi connectivity index (χ1) is 8.75. The van der Waals surface area contributed by atoms with Crippen molar-refractivity contribution in [2.24, 2.45) is 5.10 Å². The standard InChI is InChI=1S/C11H8BrF3N2O2/c12-8-3-1-7(2-4-8)9(18)17-10(19,5-6-16-17)11(13,14)15/h1-4,6,19H,5H2. The molecule has 0 bridgehead atoms. The van der Waals surface area contributed by atoms with E-state index in [1.807, 2.05) is 0 Å². The van der Waals surface area contributed by atoms with Gasteiger partial charge < -0.3 is 5.11 Å². The SMILES string of the molecule is O=C(c1ccc(Br)cc1)N1N=CCC1(O)C(F)(F)F. The molecule has 1 aromatic rings. The molecule has 0 fully saturated rings. The van der Waals surface area contributed by atoms with Gasteiger partial charge in [-0.2, -0.15) is 23.3 Å². The van der Waals surface area contributed by atoms with Crippen LogP contribution >= 0.6 is 15.9 Å². The zero-order valence-electron chi connectivity index (χ0n) is 9.36. The fraction of sp³-hybridized carbons (Fsp3) is 0.273. The summed E-state index contributed by atoms with van der Waals surface area (Å²) in [6.07, 6.45) is -4.89. The minimum absolute atomic E-state index is 0.00456. The lowest BCUT2D eigenvalue weighted by atomic mass is 10.1. The summed E-state index contributed by atoms with van der Waals surface area (Å²) in [5.41, 5.74) is -3.28. The van der Waals surface area contributed by atoms with Crippen molar-refractivity contribution in [1.29, 1.82) is 0 Å². The van der Waals surface area contributed by atoms with E-state index in [0.717, 1.165) is 6.21 Å². The highest BCUT2D eigenvalue weighted by atomic mass is 79.9. The van der Waals surface area contributed by atoms with Gasteiger partial charge in [0.1, 0.15) is 0 Å². The Morgan fingerprint density at radius 3 is 2.47 bits per heavy atom. The van der Waals surface area contributed by atoms with Crippen molar-refractivity contribution in [3.8, 4) is 0 Å². The second-order valence-corrected chi connectivity index (χ2v) is 4.86. The average Bonchev–Trinajstić information content (AvgIpc) is 2.72. The largest absolute Gasteiger partial charge is 0.438 e. The quantitative estimate of drug-likeness (QED) is 0.856. The number of alkyl halides is 3. The highest BCUT2D eigenvalue weighted by Gasteiger charge is 2.61. The Bertz CT molecular complexity index is 530. The molecule has 1 aromatic carbocycles. The lowest BCUT2D eigenvalue weighted by molar-refractivity contribution is -0.297. The van der Waals surface area contributed by atoms with Gasteiger partial charge in [-0.3, -0.25) is 4.79 Å². The van der Waals surface area contributed by atoms with Crippen molar-refractivity contribution >= 4 is 28.1 Å². The summed E-state index contributed by atoms with van der Waals surface area (Å²) in [4.78, 5) is 12.0. The molecule has 0 aliphatic carbocycles. The Hall–Kier alpha value is -1.41. The van der Waals surface area contributed by atoms with Crippen LogP contribution < -0.4 is 0 Å². The number of halogens is 4. The smallest absolute Gasteiger partial charge is 0.362 e. The zero-order valence-corrected chi connectivity index (χ0v) is 10.9. The Morgan fingerprint density at radius 2 is 1.95 bits per heavy atom. The van der Waals surface area contributed by atoms with E-state index in [9.17, 15) is 23.1 Å². The molecule has 1 aliphatic heterocycles. The Kier molecular flexibility index (Phi) is 3.40. The van der Waals surface area contributed by atoms with Gasteiger partial charge in [-0.1, -0.05) is 15.9 Å². The van der Waals surface area contributed by atoms with Crippen LogP contribution in [0.4, 0.5) is 13.2 Å². The first-order valence-corrected chi connectivity index (χ1v) is 5.97. The molecule has 2 rings (SSSR count). The van der Waals surface area contributed by atoms with Crippen LogP contribution in [0.15, 0.2) is 33.8 Å². The molecule has 1 N–H and O–H groups in total. The summed E-state index contributed by atoms with van der Waals surface area (Å²) in [5, 5.41) is 13.0. The number of hydrogen-bond donors (Lipinski definition) is 1. The third-order valence-electron chi connectivity index (χ3n) is 2.66. The third kappa shape index (κ3) is 2.37. The minimum Gasteiger partial charge on any atom is -0.362 e. The van der Waals surface area contributed by atoms with Crippen molar-refractivity contribution in [2.75, 3.05) is 0 Å². The van der Waals surface area contributed by atoms with E-state index in [4.69, 9.17) is 0 Å². The summed E-state index contributed by atoms with van der Waals surface area (Å²) in [6.45, 7) is 0. The number of amides is 1. The van der Waals surface area contributed by atoms with Gasteiger partial charge in [0.15, 0.2) is 0 Å². The van der Waals surface area contributed by atoms with Crippen molar-refractivity contribution < 1.29 is 23.1 Å². The van der Waals surface area contributed by atoms with Crippen molar-refractivity contribution in [3.05, 3.63) is 34.3 Å². The van der Waals surface area contributed by atoms with Gasteiger partial charge in [0.2, 0.25) is 0 Å². The molecule has 0 saturated heterocycles. The topological polar surface area (TPSA) is 52.9 Å². The Morgan fingerprint density at radius 1 is 1.37 bits per heavy atom. The number of carbonyl (C=O) groups excluding carboxylic acids is 1. The van der Waals surface area contributed by atoms with Crippen molar-refractivity contribution in [2.45, 2.75) is 18.3 Å². The maximum Gasteiger partial charge on any atom is 0.438 e. The highest BCUT2D eigenvalue weighted by molar-refractivity contribution is 9.10. The minimum atomic E-state index is -4.98. The normalized spacial score (nSPS) is 22.9. The molecule has 0 spiro atoms. The second-order valence-electron chi connectivity index (χ2n) is 3.94. The lowest BCUT2D eigenvalue weighted by Crippen LogP contribution is -2.56. The number of nitrogens with zero attached hydrogens (tertiary/aromatic N) is 2. The van der Waals surface area contributed by atoms with Gasteiger partial charge in [0.25, 0.3) is 11.6 Å². The molecule has 1 unspecified atom stereocenters. The van der Waals surface area contributed by atoms with Gasteiger partial charge in [-0.25, -0.2) is 0 Å². The van der Waals surface area contributed by atoms with Gasteiger partial charge >= 0.3 is 6.18 Å². The van der Waals surface area contributed by atoms with Crippen LogP contribution in [0.1, 0.15) is 16.8 Å². The summed E-state index contributed by atoms with van der Waals surface area (Å²) >= 11 is 3.15. The van der Waals surface area contributed by atoms with Gasteiger partial charge in [0, 0.05) is 22.7 Å². The van der Waals surface area contributed by atoms with Crippen LogP contribution in [0.5, 0.6) is 0 Å². The molecule has 0 radical (unpaired) electrons. The van der Waals surface area contributed by atoms with Crippen LogP contribution in [0.25, 0.3) is 0 Å². The number of rotatable bonds is 1. The molecule has 8 heteroatoms. The highest BCUT2D eigenvalue weighted by Crippen LogP contribution is 2.39. The summed E-state index contributed by atoms with van der Waals surface area (Å²) in [6, 6.07) is 5.72. The Balaban J connectivity index is 2.33. The number of aliphatic hydroxyl groups is 1. The summed E-state index contributed by atoms with van der Waals surface area (Å²) in [5.74, 6) is -1.01.